The predicted octanol–water partition coefficient (Wildman–Crippen LogP) is 2.22. The van der Waals surface area contributed by atoms with Crippen LogP contribution >= 0.6 is 0 Å². The van der Waals surface area contributed by atoms with Crippen LogP contribution in [-0.2, 0) is 0 Å². The third-order valence-corrected chi connectivity index (χ3v) is 2.20. The molecule has 0 unspecified atom stereocenters. The van der Waals surface area contributed by atoms with Crippen molar-refractivity contribution in [2.24, 2.45) is 0 Å². The number of ketones is 1. The fourth-order valence-electron chi connectivity index (χ4n) is 1.35. The van der Waals surface area contributed by atoms with Crippen molar-refractivity contribution in [1.29, 1.82) is 0 Å². The molecule has 0 bridgehead atoms. The third kappa shape index (κ3) is 2.59. The minimum absolute atomic E-state index is 0.0240. The topological polar surface area (TPSA) is 40.5 Å². The second-order valence-corrected chi connectivity index (χ2v) is 3.43. The van der Waals surface area contributed by atoms with Crippen LogP contribution in [0.15, 0.2) is 30.9 Å². The van der Waals surface area contributed by atoms with E-state index < -0.39 is 0 Å². The molecule has 0 spiro atoms. The van der Waals surface area contributed by atoms with Gasteiger partial charge in [0, 0.05) is 25.3 Å². The Labute approximate surface area is 89.6 Å². The Bertz CT molecular complexity index is 385. The average molecular weight is 205 g/mol. The number of anilines is 1. The lowest BCUT2D eigenvalue weighted by atomic mass is 10.1. The van der Waals surface area contributed by atoms with Gasteiger partial charge in [-0.25, -0.2) is 0 Å². The van der Waals surface area contributed by atoms with E-state index in [0.29, 0.717) is 12.1 Å². The number of hydrogen-bond donors (Lipinski definition) is 1. The molecule has 1 aromatic rings. The maximum absolute atomic E-state index is 11.1. The van der Waals surface area contributed by atoms with Gasteiger partial charge in [-0.15, -0.1) is 6.58 Å². The molecule has 0 amide bonds. The van der Waals surface area contributed by atoms with E-state index >= 15 is 0 Å². The Hall–Kier alpha value is -1.77. The Morgan fingerprint density at radius 2 is 2.27 bits per heavy atom. The Kier molecular flexibility index (Phi) is 3.50. The van der Waals surface area contributed by atoms with Gasteiger partial charge in [0.25, 0.3) is 0 Å². The molecular weight excluding hydrogens is 190 g/mol. The molecule has 1 aromatic carbocycles. The number of likely N-dealkylation sites (N-methyl/N-ethyl adjacent to an activating group) is 1. The molecule has 0 aliphatic heterocycles. The first-order valence-corrected chi connectivity index (χ1v) is 4.72. The predicted molar refractivity (Wildman–Crippen MR) is 61.6 cm³/mol. The number of benzene rings is 1. The number of carbonyl (C=O) groups excluding carboxylic acids is 1. The van der Waals surface area contributed by atoms with Crippen LogP contribution in [-0.4, -0.2) is 24.5 Å². The number of Topliss-reactive ketones (excluding diaryl/α,β-unsaturated/α-hetero) is 1. The summed E-state index contributed by atoms with van der Waals surface area (Å²) in [5.74, 6) is -0.110. The van der Waals surface area contributed by atoms with Crippen molar-refractivity contribution in [3.63, 3.8) is 0 Å². The zero-order valence-corrected chi connectivity index (χ0v) is 9.03. The summed E-state index contributed by atoms with van der Waals surface area (Å²) in [4.78, 5) is 13.0. The SMILES string of the molecule is C=CCN(C)c1ccc(C(C)=O)c(O)c1. The Morgan fingerprint density at radius 3 is 2.73 bits per heavy atom. The maximum Gasteiger partial charge on any atom is 0.163 e. The molecule has 1 rings (SSSR count). The molecule has 0 fully saturated rings. The van der Waals surface area contributed by atoms with Crippen LogP contribution in [0, 0.1) is 0 Å². The van der Waals surface area contributed by atoms with Crippen molar-refractivity contribution < 1.29 is 9.90 Å². The summed E-state index contributed by atoms with van der Waals surface area (Å²) in [6, 6.07) is 5.02. The summed E-state index contributed by atoms with van der Waals surface area (Å²) in [5.41, 5.74) is 1.21. The molecule has 0 saturated carbocycles. The van der Waals surface area contributed by atoms with Crippen molar-refractivity contribution in [1.82, 2.24) is 0 Å². The number of carbonyl (C=O) groups is 1. The molecule has 0 aliphatic rings. The van der Waals surface area contributed by atoms with E-state index in [-0.39, 0.29) is 11.5 Å². The molecule has 0 aliphatic carbocycles. The van der Waals surface area contributed by atoms with Crippen molar-refractivity contribution in [3.8, 4) is 5.75 Å². The van der Waals surface area contributed by atoms with Crippen LogP contribution in [0.2, 0.25) is 0 Å². The van der Waals surface area contributed by atoms with E-state index in [1.54, 1.807) is 24.3 Å². The van der Waals surface area contributed by atoms with Gasteiger partial charge in [-0.1, -0.05) is 6.08 Å². The number of hydrogen-bond acceptors (Lipinski definition) is 3. The van der Waals surface area contributed by atoms with Gasteiger partial charge < -0.3 is 10.0 Å². The average Bonchev–Trinajstić information content (AvgIpc) is 2.17. The fourth-order valence-corrected chi connectivity index (χ4v) is 1.35. The Balaban J connectivity index is 3.00. The number of nitrogens with zero attached hydrogens (tertiary/aromatic N) is 1. The van der Waals surface area contributed by atoms with Crippen LogP contribution in [0.1, 0.15) is 17.3 Å². The lowest BCUT2D eigenvalue weighted by Gasteiger charge is -2.17. The Morgan fingerprint density at radius 1 is 1.60 bits per heavy atom. The van der Waals surface area contributed by atoms with Crippen LogP contribution < -0.4 is 4.90 Å². The number of rotatable bonds is 4. The highest BCUT2D eigenvalue weighted by molar-refractivity contribution is 5.97. The van der Waals surface area contributed by atoms with Gasteiger partial charge in [0.2, 0.25) is 0 Å². The zero-order chi connectivity index (χ0) is 11.4. The molecule has 15 heavy (non-hydrogen) atoms. The van der Waals surface area contributed by atoms with Gasteiger partial charge in [-0.3, -0.25) is 4.79 Å². The lowest BCUT2D eigenvalue weighted by molar-refractivity contribution is 0.101. The first-order chi connectivity index (χ1) is 7.06. The summed E-state index contributed by atoms with van der Waals surface area (Å²) in [7, 11) is 1.89. The van der Waals surface area contributed by atoms with Gasteiger partial charge in [-0.2, -0.15) is 0 Å². The van der Waals surface area contributed by atoms with Gasteiger partial charge in [0.05, 0.1) is 5.56 Å². The first kappa shape index (κ1) is 11.3. The number of phenols is 1. The largest absolute Gasteiger partial charge is 0.507 e. The van der Waals surface area contributed by atoms with Crippen molar-refractivity contribution in [3.05, 3.63) is 36.4 Å². The van der Waals surface area contributed by atoms with E-state index in [9.17, 15) is 9.90 Å². The molecular formula is C12H15NO2. The maximum atomic E-state index is 11.1. The molecule has 0 aromatic heterocycles. The highest BCUT2D eigenvalue weighted by atomic mass is 16.3. The smallest absolute Gasteiger partial charge is 0.163 e. The molecule has 1 N–H and O–H groups in total. The minimum atomic E-state index is -0.134. The lowest BCUT2D eigenvalue weighted by Crippen LogP contribution is -2.16. The summed E-state index contributed by atoms with van der Waals surface area (Å²) in [6.07, 6.45) is 1.77. The van der Waals surface area contributed by atoms with Crippen LogP contribution in [0.25, 0.3) is 0 Å². The van der Waals surface area contributed by atoms with Crippen molar-refractivity contribution in [2.45, 2.75) is 6.92 Å². The van der Waals surface area contributed by atoms with Gasteiger partial charge >= 0.3 is 0 Å². The molecule has 0 atom stereocenters. The van der Waals surface area contributed by atoms with Crippen molar-refractivity contribution >= 4 is 11.5 Å². The molecule has 3 heteroatoms. The normalized spacial score (nSPS) is 9.73. The minimum Gasteiger partial charge on any atom is -0.507 e. The van der Waals surface area contributed by atoms with E-state index in [4.69, 9.17) is 0 Å². The van der Waals surface area contributed by atoms with Crippen LogP contribution in [0.5, 0.6) is 5.75 Å². The summed E-state index contributed by atoms with van der Waals surface area (Å²) in [6.45, 7) is 5.76. The molecule has 0 radical (unpaired) electrons. The quantitative estimate of drug-likeness (QED) is 0.605. The second-order valence-electron chi connectivity index (χ2n) is 3.43. The third-order valence-electron chi connectivity index (χ3n) is 2.20. The van der Waals surface area contributed by atoms with Crippen LogP contribution in [0.3, 0.4) is 0 Å². The highest BCUT2D eigenvalue weighted by Crippen LogP contribution is 2.24. The van der Waals surface area contributed by atoms with Crippen molar-refractivity contribution in [2.75, 3.05) is 18.5 Å². The molecule has 3 nitrogen and oxygen atoms in total. The summed E-state index contributed by atoms with van der Waals surface area (Å²) < 4.78 is 0. The van der Waals surface area contributed by atoms with E-state index in [2.05, 4.69) is 6.58 Å². The van der Waals surface area contributed by atoms with E-state index in [1.807, 2.05) is 11.9 Å². The van der Waals surface area contributed by atoms with E-state index in [0.717, 1.165) is 5.69 Å². The summed E-state index contributed by atoms with van der Waals surface area (Å²) in [5, 5.41) is 9.61. The van der Waals surface area contributed by atoms with Gasteiger partial charge in [0.1, 0.15) is 5.75 Å². The first-order valence-electron chi connectivity index (χ1n) is 4.72. The standard InChI is InChI=1S/C12H15NO2/c1-4-7-13(3)10-5-6-11(9(2)14)12(15)8-10/h4-6,8,15H,1,7H2,2-3H3. The molecule has 0 heterocycles. The monoisotopic (exact) mass is 205 g/mol. The number of phenolic OH excluding ortho intramolecular Hbond substituents is 1. The fraction of sp³-hybridized carbons (Fsp3) is 0.250. The second kappa shape index (κ2) is 4.64. The number of aromatic hydroxyl groups is 1. The summed E-state index contributed by atoms with van der Waals surface area (Å²) >= 11 is 0. The van der Waals surface area contributed by atoms with E-state index in [1.165, 1.54) is 6.92 Å². The highest BCUT2D eigenvalue weighted by Gasteiger charge is 2.08. The zero-order valence-electron chi connectivity index (χ0n) is 9.03. The van der Waals surface area contributed by atoms with Crippen LogP contribution in [0.4, 0.5) is 5.69 Å². The molecule has 0 saturated heterocycles. The van der Waals surface area contributed by atoms with Gasteiger partial charge in [-0.05, 0) is 19.1 Å². The molecule has 80 valence electrons. The van der Waals surface area contributed by atoms with Gasteiger partial charge in [0.15, 0.2) is 5.78 Å².